The number of hydrogen-bond donors (Lipinski definition) is 1. The summed E-state index contributed by atoms with van der Waals surface area (Å²) in [7, 11) is 1.50. The lowest BCUT2D eigenvalue weighted by molar-refractivity contribution is 0.997. The van der Waals surface area contributed by atoms with Gasteiger partial charge in [-0.2, -0.15) is 0 Å². The highest BCUT2D eigenvalue weighted by Gasteiger charge is 1.96. The number of hydrogen-bond acceptors (Lipinski definition) is 3. The summed E-state index contributed by atoms with van der Waals surface area (Å²) >= 11 is 0. The third kappa shape index (κ3) is 2.12. The lowest BCUT2D eigenvalue weighted by Gasteiger charge is -1.99. The molecule has 3 nitrogen and oxygen atoms in total. The Balaban J connectivity index is 0.000000396. The van der Waals surface area contributed by atoms with Crippen LogP contribution < -0.4 is 16.3 Å². The lowest BCUT2D eigenvalue weighted by atomic mass is 10.1. The fourth-order valence-corrected chi connectivity index (χ4v) is 1.36. The van der Waals surface area contributed by atoms with Crippen molar-refractivity contribution in [1.29, 1.82) is 0 Å². The Morgan fingerprint density at radius 3 is 2.54 bits per heavy atom. The van der Waals surface area contributed by atoms with Crippen molar-refractivity contribution in [1.82, 2.24) is 9.97 Å². The monoisotopic (exact) mass is 177 g/mol. The van der Waals surface area contributed by atoms with Gasteiger partial charge >= 0.3 is 0 Å². The molecule has 1 aliphatic rings. The number of fused-ring (bicyclic) bond motifs is 1. The molecular weight excluding hydrogens is 162 g/mol. The third-order valence-electron chi connectivity index (χ3n) is 1.97. The first-order valence-corrected chi connectivity index (χ1v) is 4.43. The molecule has 13 heavy (non-hydrogen) atoms. The molecule has 0 fully saturated rings. The second-order valence-electron chi connectivity index (χ2n) is 2.74. The molecule has 1 heterocycles. The molecule has 0 saturated carbocycles. The minimum atomic E-state index is 1.09. The second kappa shape index (κ2) is 4.72. The van der Waals surface area contributed by atoms with Crippen molar-refractivity contribution in [3.05, 3.63) is 22.6 Å². The molecule has 0 amide bonds. The molecule has 0 radical (unpaired) electrons. The highest BCUT2D eigenvalue weighted by Crippen LogP contribution is 1.93. The largest absolute Gasteiger partial charge is 0.333 e. The average Bonchev–Trinajstić information content (AvgIpc) is 2.22. The molecule has 1 aromatic heterocycles. The summed E-state index contributed by atoms with van der Waals surface area (Å²) in [5.74, 6) is 0. The molecule has 3 heteroatoms. The fourth-order valence-electron chi connectivity index (χ4n) is 1.36. The minimum Gasteiger partial charge on any atom is -0.333 e. The average molecular weight is 177 g/mol. The zero-order valence-corrected chi connectivity index (χ0v) is 8.12. The predicted octanol–water partition coefficient (Wildman–Crippen LogP) is -0.285. The molecule has 1 aliphatic carbocycles. The van der Waals surface area contributed by atoms with Crippen LogP contribution in [-0.2, 0) is 0 Å². The first-order chi connectivity index (χ1) is 6.38. The first kappa shape index (κ1) is 9.86. The molecule has 70 valence electrons. The molecule has 0 atom stereocenters. The summed E-state index contributed by atoms with van der Waals surface area (Å²) in [5.41, 5.74) is 5.59. The third-order valence-corrected chi connectivity index (χ3v) is 1.97. The van der Waals surface area contributed by atoms with E-state index in [4.69, 9.17) is 0 Å². The van der Waals surface area contributed by atoms with E-state index in [0.717, 1.165) is 23.9 Å². The quantitative estimate of drug-likeness (QED) is 0.592. The minimum absolute atomic E-state index is 1.09. The van der Waals surface area contributed by atoms with Crippen molar-refractivity contribution >= 4 is 12.2 Å². The first-order valence-electron chi connectivity index (χ1n) is 4.43. The molecular formula is C10H15N3. The van der Waals surface area contributed by atoms with Gasteiger partial charge in [0.25, 0.3) is 0 Å². The van der Waals surface area contributed by atoms with Crippen LogP contribution in [0, 0.1) is 6.92 Å². The zero-order chi connectivity index (χ0) is 9.68. The number of nitrogens with two attached hydrogens (primary N) is 1. The lowest BCUT2D eigenvalue weighted by Crippen LogP contribution is -2.33. The smallest absolute Gasteiger partial charge is 0.116 e. The van der Waals surface area contributed by atoms with Gasteiger partial charge in [0.1, 0.15) is 6.33 Å². The topological polar surface area (TPSA) is 51.8 Å². The molecule has 0 bridgehead atoms. The van der Waals surface area contributed by atoms with Crippen molar-refractivity contribution in [2.24, 2.45) is 5.73 Å². The SMILES string of the molecule is CN.Cc1ncnc2c1=CCCC=2. The summed E-state index contributed by atoms with van der Waals surface area (Å²) in [6, 6.07) is 0. The molecule has 0 aliphatic heterocycles. The van der Waals surface area contributed by atoms with Crippen LogP contribution in [0.1, 0.15) is 18.5 Å². The van der Waals surface area contributed by atoms with Crippen LogP contribution in [0.4, 0.5) is 0 Å². The molecule has 2 N–H and O–H groups in total. The van der Waals surface area contributed by atoms with Crippen molar-refractivity contribution in [2.45, 2.75) is 19.8 Å². The molecule has 2 rings (SSSR count). The van der Waals surface area contributed by atoms with Crippen molar-refractivity contribution in [3.8, 4) is 0 Å². The maximum absolute atomic E-state index is 4.50. The van der Waals surface area contributed by atoms with Crippen molar-refractivity contribution in [2.75, 3.05) is 7.05 Å². The maximum atomic E-state index is 4.50. The van der Waals surface area contributed by atoms with Gasteiger partial charge in [0.2, 0.25) is 0 Å². The van der Waals surface area contributed by atoms with E-state index in [2.05, 4.69) is 27.9 Å². The summed E-state index contributed by atoms with van der Waals surface area (Å²) in [4.78, 5) is 8.31. The Morgan fingerprint density at radius 1 is 1.15 bits per heavy atom. The van der Waals surface area contributed by atoms with E-state index < -0.39 is 0 Å². The Hall–Kier alpha value is -1.22. The van der Waals surface area contributed by atoms with E-state index in [1.54, 1.807) is 6.33 Å². The van der Waals surface area contributed by atoms with Gasteiger partial charge in [-0.25, -0.2) is 9.97 Å². The molecule has 1 aromatic rings. The maximum Gasteiger partial charge on any atom is 0.116 e. The van der Waals surface area contributed by atoms with E-state index in [1.807, 2.05) is 6.92 Å². The summed E-state index contributed by atoms with van der Waals surface area (Å²) in [5, 5.41) is 2.32. The van der Waals surface area contributed by atoms with Crippen LogP contribution in [0.5, 0.6) is 0 Å². The van der Waals surface area contributed by atoms with Crippen LogP contribution in [0.25, 0.3) is 12.2 Å². The molecule has 0 unspecified atom stereocenters. The van der Waals surface area contributed by atoms with Crippen molar-refractivity contribution in [3.63, 3.8) is 0 Å². The molecule has 0 aromatic carbocycles. The standard InChI is InChI=1S/C9H10N2.CH5N/c1-7-8-4-2-3-5-9(8)11-6-10-7;1-2/h4-6H,2-3H2,1H3;2H2,1H3. The Labute approximate surface area is 78.0 Å². The van der Waals surface area contributed by atoms with Gasteiger partial charge < -0.3 is 5.73 Å². The Bertz CT molecular complexity index is 382. The predicted molar refractivity (Wildman–Crippen MR) is 54.3 cm³/mol. The van der Waals surface area contributed by atoms with Gasteiger partial charge in [0, 0.05) is 10.9 Å². The number of rotatable bonds is 0. The second-order valence-corrected chi connectivity index (χ2v) is 2.74. The summed E-state index contributed by atoms with van der Waals surface area (Å²) < 4.78 is 0. The van der Waals surface area contributed by atoms with Crippen LogP contribution in [0.15, 0.2) is 6.33 Å². The van der Waals surface area contributed by atoms with Gasteiger partial charge in [0.05, 0.1) is 5.35 Å². The number of aromatic nitrogens is 2. The van der Waals surface area contributed by atoms with Crippen molar-refractivity contribution < 1.29 is 0 Å². The van der Waals surface area contributed by atoms with Gasteiger partial charge in [-0.05, 0) is 26.8 Å². The molecule has 0 saturated heterocycles. The molecule has 0 spiro atoms. The van der Waals surface area contributed by atoms with Crippen LogP contribution in [-0.4, -0.2) is 17.0 Å². The van der Waals surface area contributed by atoms with E-state index in [0.29, 0.717) is 0 Å². The van der Waals surface area contributed by atoms with E-state index in [1.165, 1.54) is 12.3 Å². The Morgan fingerprint density at radius 2 is 1.85 bits per heavy atom. The van der Waals surface area contributed by atoms with Crippen LogP contribution in [0.3, 0.4) is 0 Å². The highest BCUT2D eigenvalue weighted by atomic mass is 14.8. The van der Waals surface area contributed by atoms with E-state index in [9.17, 15) is 0 Å². The zero-order valence-electron chi connectivity index (χ0n) is 8.12. The van der Waals surface area contributed by atoms with Gasteiger partial charge in [-0.3, -0.25) is 0 Å². The van der Waals surface area contributed by atoms with Crippen LogP contribution in [0.2, 0.25) is 0 Å². The highest BCUT2D eigenvalue weighted by molar-refractivity contribution is 5.36. The number of nitrogens with zero attached hydrogens (tertiary/aromatic N) is 2. The number of aryl methyl sites for hydroxylation is 1. The van der Waals surface area contributed by atoms with Crippen LogP contribution >= 0.6 is 0 Å². The van der Waals surface area contributed by atoms with E-state index >= 15 is 0 Å². The normalized spacial score (nSPS) is 12.8. The summed E-state index contributed by atoms with van der Waals surface area (Å²) in [6.07, 6.45) is 8.25. The Kier molecular flexibility index (Phi) is 3.58. The fraction of sp³-hybridized carbons (Fsp3) is 0.400. The van der Waals surface area contributed by atoms with Gasteiger partial charge in [-0.1, -0.05) is 12.2 Å². The summed E-state index contributed by atoms with van der Waals surface area (Å²) in [6.45, 7) is 2.02. The van der Waals surface area contributed by atoms with Gasteiger partial charge in [0.15, 0.2) is 0 Å². The van der Waals surface area contributed by atoms with Gasteiger partial charge in [-0.15, -0.1) is 0 Å². The van der Waals surface area contributed by atoms with E-state index in [-0.39, 0.29) is 0 Å².